The normalized spacial score (nSPS) is 10.2. The highest BCUT2D eigenvalue weighted by Gasteiger charge is 2.06. The van der Waals surface area contributed by atoms with Gasteiger partial charge < -0.3 is 5.11 Å². The fourth-order valence-corrected chi connectivity index (χ4v) is 1.19. The molecule has 2 heterocycles. The molecule has 2 aromatic rings. The summed E-state index contributed by atoms with van der Waals surface area (Å²) in [5.74, 6) is -1.01. The van der Waals surface area contributed by atoms with Crippen molar-refractivity contribution >= 4 is 17.6 Å². The molecule has 2 rings (SSSR count). The average molecular weight is 224 g/mol. The Kier molecular flexibility index (Phi) is 2.39. The maximum absolute atomic E-state index is 10.6. The van der Waals surface area contributed by atoms with Crippen LogP contribution in [-0.4, -0.2) is 25.8 Å². The minimum Gasteiger partial charge on any atom is -0.478 e. The summed E-state index contributed by atoms with van der Waals surface area (Å²) in [7, 11) is 0. The van der Waals surface area contributed by atoms with E-state index in [9.17, 15) is 4.79 Å². The molecule has 0 unspecified atom stereocenters. The number of hydrogen-bond acceptors (Lipinski definition) is 3. The third-order valence-corrected chi connectivity index (χ3v) is 2.03. The Labute approximate surface area is 89.9 Å². The first-order valence-corrected chi connectivity index (χ1v) is 4.44. The first-order valence-electron chi connectivity index (χ1n) is 4.07. The molecule has 0 aliphatic carbocycles. The molecule has 0 spiro atoms. The number of nitrogens with zero attached hydrogens (tertiary/aromatic N) is 3. The van der Waals surface area contributed by atoms with Gasteiger partial charge in [0.15, 0.2) is 0 Å². The van der Waals surface area contributed by atoms with Crippen molar-refractivity contribution in [3.63, 3.8) is 0 Å². The Morgan fingerprint density at radius 1 is 1.40 bits per heavy atom. The number of aromatic carboxylic acids is 1. The summed E-state index contributed by atoms with van der Waals surface area (Å²) in [5, 5.41) is 13.0. The lowest BCUT2D eigenvalue weighted by molar-refractivity contribution is 0.0697. The average Bonchev–Trinajstić information content (AvgIpc) is 2.68. The second kappa shape index (κ2) is 3.70. The third-order valence-electron chi connectivity index (χ3n) is 1.81. The summed E-state index contributed by atoms with van der Waals surface area (Å²) in [4.78, 5) is 14.5. The monoisotopic (exact) mass is 223 g/mol. The van der Waals surface area contributed by atoms with Crippen molar-refractivity contribution in [3.05, 3.63) is 41.4 Å². The van der Waals surface area contributed by atoms with Gasteiger partial charge in [0.2, 0.25) is 0 Å². The summed E-state index contributed by atoms with van der Waals surface area (Å²) in [6, 6.07) is 3.31. The number of carboxylic acid groups (broad SMARTS) is 1. The minimum absolute atomic E-state index is 0.130. The number of pyridine rings is 1. The molecule has 0 atom stereocenters. The van der Waals surface area contributed by atoms with Crippen LogP contribution in [0.4, 0.5) is 0 Å². The number of carbonyl (C=O) groups is 1. The second-order valence-electron chi connectivity index (χ2n) is 2.82. The first kappa shape index (κ1) is 9.67. The summed E-state index contributed by atoms with van der Waals surface area (Å²) >= 11 is 5.62. The lowest BCUT2D eigenvalue weighted by Gasteiger charge is -1.98. The Morgan fingerprint density at radius 2 is 2.20 bits per heavy atom. The van der Waals surface area contributed by atoms with E-state index in [0.29, 0.717) is 10.8 Å². The molecular formula is C9H6ClN3O2. The van der Waals surface area contributed by atoms with Crippen LogP contribution in [0.1, 0.15) is 10.4 Å². The Bertz CT molecular complexity index is 492. The predicted octanol–water partition coefficient (Wildman–Crippen LogP) is 1.62. The largest absolute Gasteiger partial charge is 0.478 e. The molecule has 1 N–H and O–H groups in total. The van der Waals surface area contributed by atoms with Gasteiger partial charge in [-0.2, -0.15) is 5.10 Å². The zero-order chi connectivity index (χ0) is 10.8. The van der Waals surface area contributed by atoms with Gasteiger partial charge in [-0.15, -0.1) is 0 Å². The zero-order valence-electron chi connectivity index (χ0n) is 7.46. The molecule has 0 aromatic carbocycles. The topological polar surface area (TPSA) is 68.0 Å². The predicted molar refractivity (Wildman–Crippen MR) is 53.3 cm³/mol. The lowest BCUT2D eigenvalue weighted by atomic mass is 10.4. The highest BCUT2D eigenvalue weighted by Crippen LogP contribution is 2.10. The van der Waals surface area contributed by atoms with Gasteiger partial charge in [-0.05, 0) is 12.1 Å². The van der Waals surface area contributed by atoms with Gasteiger partial charge in [-0.25, -0.2) is 14.5 Å². The third kappa shape index (κ3) is 1.97. The van der Waals surface area contributed by atoms with Gasteiger partial charge in [-0.1, -0.05) is 11.6 Å². The zero-order valence-corrected chi connectivity index (χ0v) is 8.22. The molecule has 0 radical (unpaired) electrons. The molecule has 0 bridgehead atoms. The molecule has 76 valence electrons. The number of hydrogen-bond donors (Lipinski definition) is 1. The molecule has 5 nitrogen and oxygen atoms in total. The Balaban J connectivity index is 2.37. The van der Waals surface area contributed by atoms with E-state index < -0.39 is 5.97 Å². The van der Waals surface area contributed by atoms with Crippen LogP contribution in [0.15, 0.2) is 30.7 Å². The van der Waals surface area contributed by atoms with Crippen molar-refractivity contribution in [2.45, 2.75) is 0 Å². The highest BCUT2D eigenvalue weighted by atomic mass is 35.5. The van der Waals surface area contributed by atoms with Crippen LogP contribution in [0.3, 0.4) is 0 Å². The van der Waals surface area contributed by atoms with E-state index in [1.54, 1.807) is 12.1 Å². The number of rotatable bonds is 2. The SMILES string of the molecule is O=C(O)c1cnn(-c2ccc(Cl)nc2)c1. The smallest absolute Gasteiger partial charge is 0.338 e. The molecule has 6 heteroatoms. The number of halogens is 1. The van der Waals surface area contributed by atoms with E-state index in [1.165, 1.54) is 23.3 Å². The van der Waals surface area contributed by atoms with Crippen LogP contribution in [0.2, 0.25) is 5.15 Å². The molecule has 0 aliphatic heterocycles. The van der Waals surface area contributed by atoms with Gasteiger partial charge in [0.05, 0.1) is 23.6 Å². The van der Waals surface area contributed by atoms with Crippen molar-refractivity contribution in [1.29, 1.82) is 0 Å². The van der Waals surface area contributed by atoms with Crippen molar-refractivity contribution in [2.75, 3.05) is 0 Å². The summed E-state index contributed by atoms with van der Waals surface area (Å²) in [6.45, 7) is 0. The molecule has 0 saturated carbocycles. The molecular weight excluding hydrogens is 218 g/mol. The van der Waals surface area contributed by atoms with E-state index in [4.69, 9.17) is 16.7 Å². The highest BCUT2D eigenvalue weighted by molar-refractivity contribution is 6.29. The molecule has 0 saturated heterocycles. The van der Waals surface area contributed by atoms with Gasteiger partial charge in [0, 0.05) is 6.20 Å². The van der Waals surface area contributed by atoms with Crippen LogP contribution in [0.5, 0.6) is 0 Å². The van der Waals surface area contributed by atoms with Gasteiger partial charge in [0.1, 0.15) is 5.15 Å². The van der Waals surface area contributed by atoms with Gasteiger partial charge in [0.25, 0.3) is 0 Å². The van der Waals surface area contributed by atoms with Crippen LogP contribution in [-0.2, 0) is 0 Å². The van der Waals surface area contributed by atoms with E-state index >= 15 is 0 Å². The standard InChI is InChI=1S/C9H6ClN3O2/c10-8-2-1-7(4-11-8)13-5-6(3-12-13)9(14)15/h1-5H,(H,14,15). The quantitative estimate of drug-likeness (QED) is 0.786. The van der Waals surface area contributed by atoms with Crippen LogP contribution >= 0.6 is 11.6 Å². The Morgan fingerprint density at radius 3 is 2.73 bits per heavy atom. The first-order chi connectivity index (χ1) is 7.16. The summed E-state index contributed by atoms with van der Waals surface area (Å²) in [5.41, 5.74) is 0.789. The molecule has 15 heavy (non-hydrogen) atoms. The fraction of sp³-hybridized carbons (Fsp3) is 0. The Hall–Kier alpha value is -1.88. The van der Waals surface area contributed by atoms with Crippen molar-refractivity contribution < 1.29 is 9.90 Å². The van der Waals surface area contributed by atoms with Gasteiger partial charge in [-0.3, -0.25) is 0 Å². The number of carboxylic acids is 1. The molecule has 2 aromatic heterocycles. The second-order valence-corrected chi connectivity index (χ2v) is 3.21. The fourth-order valence-electron chi connectivity index (χ4n) is 1.08. The van der Waals surface area contributed by atoms with E-state index in [1.807, 2.05) is 0 Å². The number of aromatic nitrogens is 3. The minimum atomic E-state index is -1.01. The van der Waals surface area contributed by atoms with Crippen LogP contribution in [0.25, 0.3) is 5.69 Å². The lowest BCUT2D eigenvalue weighted by Crippen LogP contribution is -1.96. The van der Waals surface area contributed by atoms with E-state index in [-0.39, 0.29) is 5.56 Å². The van der Waals surface area contributed by atoms with Crippen LogP contribution in [0, 0.1) is 0 Å². The summed E-state index contributed by atoms with van der Waals surface area (Å²) in [6.07, 6.45) is 4.20. The molecule has 0 fully saturated rings. The molecule has 0 aliphatic rings. The maximum atomic E-state index is 10.6. The van der Waals surface area contributed by atoms with Crippen LogP contribution < -0.4 is 0 Å². The molecule has 0 amide bonds. The van der Waals surface area contributed by atoms with E-state index in [2.05, 4.69) is 10.1 Å². The van der Waals surface area contributed by atoms with Crippen molar-refractivity contribution in [2.24, 2.45) is 0 Å². The maximum Gasteiger partial charge on any atom is 0.338 e. The summed E-state index contributed by atoms with van der Waals surface area (Å²) < 4.78 is 1.42. The van der Waals surface area contributed by atoms with Crippen molar-refractivity contribution in [1.82, 2.24) is 14.8 Å². The van der Waals surface area contributed by atoms with Gasteiger partial charge >= 0.3 is 5.97 Å². The van der Waals surface area contributed by atoms with E-state index in [0.717, 1.165) is 0 Å². The van der Waals surface area contributed by atoms with Crippen molar-refractivity contribution in [3.8, 4) is 5.69 Å².